The number of aromatic nitrogens is 4. The summed E-state index contributed by atoms with van der Waals surface area (Å²) in [5, 5.41) is 6.26. The maximum absolute atomic E-state index is 12.3. The Morgan fingerprint density at radius 1 is 1.04 bits per heavy atom. The predicted octanol–water partition coefficient (Wildman–Crippen LogP) is 5.34. The Kier molecular flexibility index (Phi) is 5.14. The quantitative estimate of drug-likeness (QED) is 0.438. The van der Waals surface area contributed by atoms with Crippen LogP contribution in [0.1, 0.15) is 5.56 Å². The number of benzene rings is 2. The number of fused-ring (bicyclic) bond motifs is 1. The van der Waals surface area contributed by atoms with Crippen molar-refractivity contribution >= 4 is 52.2 Å². The molecule has 0 aliphatic heterocycles. The first-order chi connectivity index (χ1) is 13.0. The molecule has 9 heteroatoms. The van der Waals surface area contributed by atoms with Crippen LogP contribution in [0, 0.1) is 0 Å². The van der Waals surface area contributed by atoms with Crippen molar-refractivity contribution in [3.63, 3.8) is 0 Å². The van der Waals surface area contributed by atoms with Crippen LogP contribution in [-0.2, 0) is 5.75 Å². The Bertz CT molecular complexity index is 1190. The molecule has 4 aromatic rings. The fourth-order valence-electron chi connectivity index (χ4n) is 2.55. The molecule has 2 heterocycles. The van der Waals surface area contributed by atoms with Crippen molar-refractivity contribution < 1.29 is 0 Å². The molecule has 0 amide bonds. The summed E-state index contributed by atoms with van der Waals surface area (Å²) in [7, 11) is 0. The normalized spacial score (nSPS) is 11.2. The van der Waals surface area contributed by atoms with E-state index in [-0.39, 0.29) is 5.69 Å². The summed E-state index contributed by atoms with van der Waals surface area (Å²) in [6, 6.07) is 12.7. The molecule has 0 radical (unpaired) electrons. The van der Waals surface area contributed by atoms with Crippen molar-refractivity contribution in [3.05, 3.63) is 79.8 Å². The third-order valence-electron chi connectivity index (χ3n) is 3.87. The van der Waals surface area contributed by atoms with Crippen LogP contribution in [0.5, 0.6) is 0 Å². The van der Waals surface area contributed by atoms with Crippen LogP contribution < -0.4 is 5.69 Å². The summed E-state index contributed by atoms with van der Waals surface area (Å²) in [5.74, 6) is 0.584. The Morgan fingerprint density at radius 2 is 1.81 bits per heavy atom. The number of hydrogen-bond acceptors (Lipinski definition) is 4. The number of nitrogens with zero attached hydrogens (tertiary/aromatic N) is 3. The van der Waals surface area contributed by atoms with Gasteiger partial charge in [-0.15, -0.1) is 0 Å². The zero-order valence-electron chi connectivity index (χ0n) is 13.6. The van der Waals surface area contributed by atoms with Gasteiger partial charge >= 0.3 is 5.69 Å². The maximum atomic E-state index is 12.3. The molecule has 0 aliphatic carbocycles. The number of aromatic amines is 1. The summed E-state index contributed by atoms with van der Waals surface area (Å²) in [6.45, 7) is 0. The van der Waals surface area contributed by atoms with Crippen LogP contribution >= 0.6 is 46.6 Å². The zero-order chi connectivity index (χ0) is 19.0. The molecule has 0 spiro atoms. The van der Waals surface area contributed by atoms with E-state index < -0.39 is 0 Å². The van der Waals surface area contributed by atoms with Gasteiger partial charge in [-0.1, -0.05) is 64.8 Å². The van der Waals surface area contributed by atoms with Crippen molar-refractivity contribution in [1.29, 1.82) is 0 Å². The lowest BCUT2D eigenvalue weighted by Gasteiger charge is -2.04. The van der Waals surface area contributed by atoms with Crippen LogP contribution in [0.25, 0.3) is 16.8 Å². The van der Waals surface area contributed by atoms with Crippen LogP contribution in [-0.4, -0.2) is 19.6 Å². The highest BCUT2D eigenvalue weighted by Gasteiger charge is 2.12. The van der Waals surface area contributed by atoms with E-state index in [1.165, 1.54) is 16.3 Å². The van der Waals surface area contributed by atoms with Gasteiger partial charge in [0, 0.05) is 16.3 Å². The van der Waals surface area contributed by atoms with Gasteiger partial charge in [0.05, 0.1) is 16.2 Å². The van der Waals surface area contributed by atoms with Gasteiger partial charge in [0.1, 0.15) is 0 Å². The van der Waals surface area contributed by atoms with Crippen molar-refractivity contribution in [3.8, 4) is 11.1 Å². The summed E-state index contributed by atoms with van der Waals surface area (Å²) >= 11 is 19.3. The van der Waals surface area contributed by atoms with Crippen LogP contribution in [0.4, 0.5) is 0 Å². The number of thioether (sulfide) groups is 1. The van der Waals surface area contributed by atoms with Gasteiger partial charge in [-0.3, -0.25) is 4.98 Å². The average Bonchev–Trinajstić information content (AvgIpc) is 3.08. The second-order valence-corrected chi connectivity index (χ2v) is 7.90. The first kappa shape index (κ1) is 18.4. The highest BCUT2D eigenvalue weighted by atomic mass is 35.5. The molecule has 0 aliphatic rings. The average molecular weight is 438 g/mol. The molecular weight excluding hydrogens is 427 g/mol. The number of hydrogen-bond donors (Lipinski definition) is 1. The minimum absolute atomic E-state index is 0.350. The summed E-state index contributed by atoms with van der Waals surface area (Å²) in [5.41, 5.74) is 2.75. The minimum atomic E-state index is -0.350. The molecule has 2 aromatic heterocycles. The number of halogens is 3. The Hall–Kier alpha value is -1.99. The highest BCUT2D eigenvalue weighted by Crippen LogP contribution is 2.28. The fourth-order valence-corrected chi connectivity index (χ4v) is 3.79. The summed E-state index contributed by atoms with van der Waals surface area (Å²) in [4.78, 5) is 19.6. The molecule has 0 fully saturated rings. The van der Waals surface area contributed by atoms with E-state index in [1.807, 2.05) is 18.2 Å². The zero-order valence-corrected chi connectivity index (χ0v) is 16.7. The van der Waals surface area contributed by atoms with Gasteiger partial charge in [-0.2, -0.15) is 9.61 Å². The third-order valence-corrected chi connectivity index (χ3v) is 5.81. The second-order valence-electron chi connectivity index (χ2n) is 5.68. The van der Waals surface area contributed by atoms with Crippen molar-refractivity contribution in [2.75, 3.05) is 0 Å². The fraction of sp³-hybridized carbons (Fsp3) is 0.0556. The Morgan fingerprint density at radius 3 is 2.56 bits per heavy atom. The molecule has 136 valence electrons. The predicted molar refractivity (Wildman–Crippen MR) is 110 cm³/mol. The molecule has 0 unspecified atom stereocenters. The SMILES string of the molecule is O=c1[nH]c(SCc2ccc(Cl)c(Cl)c2)nc2c(-c3ccc(Cl)cc3)cnn12. The van der Waals surface area contributed by atoms with Crippen LogP contribution in [0.3, 0.4) is 0 Å². The molecule has 1 N–H and O–H groups in total. The van der Waals surface area contributed by atoms with Crippen molar-refractivity contribution in [2.24, 2.45) is 0 Å². The third kappa shape index (κ3) is 3.84. The van der Waals surface area contributed by atoms with Crippen molar-refractivity contribution in [1.82, 2.24) is 19.6 Å². The second kappa shape index (κ2) is 7.56. The van der Waals surface area contributed by atoms with E-state index in [4.69, 9.17) is 34.8 Å². The molecule has 2 aromatic carbocycles. The Balaban J connectivity index is 1.67. The molecule has 0 atom stereocenters. The molecule has 27 heavy (non-hydrogen) atoms. The standard InChI is InChI=1S/C18H11Cl3N4OS/c19-12-4-2-11(3-5-12)13-8-22-25-16(13)23-17(24-18(25)26)27-9-10-1-6-14(20)15(21)7-10/h1-8H,9H2,(H,23,24,26). The first-order valence-electron chi connectivity index (χ1n) is 7.82. The van der Waals surface area contributed by atoms with E-state index in [0.29, 0.717) is 31.6 Å². The summed E-state index contributed by atoms with van der Waals surface area (Å²) in [6.07, 6.45) is 1.62. The number of nitrogens with one attached hydrogen (secondary N) is 1. The minimum Gasteiger partial charge on any atom is -0.285 e. The van der Waals surface area contributed by atoms with Crippen LogP contribution in [0.2, 0.25) is 15.1 Å². The van der Waals surface area contributed by atoms with E-state index in [0.717, 1.165) is 16.7 Å². The Labute approximate surface area is 173 Å². The lowest BCUT2D eigenvalue weighted by atomic mass is 10.1. The van der Waals surface area contributed by atoms with Crippen molar-refractivity contribution in [2.45, 2.75) is 10.9 Å². The topological polar surface area (TPSA) is 63.0 Å². The monoisotopic (exact) mass is 436 g/mol. The smallest absolute Gasteiger partial charge is 0.285 e. The van der Waals surface area contributed by atoms with Crippen LogP contribution in [0.15, 0.2) is 58.6 Å². The number of rotatable bonds is 4. The van der Waals surface area contributed by atoms with E-state index >= 15 is 0 Å². The van der Waals surface area contributed by atoms with Gasteiger partial charge < -0.3 is 0 Å². The van der Waals surface area contributed by atoms with Gasteiger partial charge in [0.15, 0.2) is 10.8 Å². The number of H-pyrrole nitrogens is 1. The molecular formula is C18H11Cl3N4OS. The van der Waals surface area contributed by atoms with E-state index in [9.17, 15) is 4.79 Å². The largest absolute Gasteiger partial charge is 0.350 e. The van der Waals surface area contributed by atoms with E-state index in [2.05, 4.69) is 15.1 Å². The first-order valence-corrected chi connectivity index (χ1v) is 9.94. The molecule has 0 saturated carbocycles. The molecule has 4 rings (SSSR count). The summed E-state index contributed by atoms with van der Waals surface area (Å²) < 4.78 is 1.24. The molecule has 0 saturated heterocycles. The van der Waals surface area contributed by atoms with Gasteiger partial charge in [-0.05, 0) is 35.4 Å². The van der Waals surface area contributed by atoms with E-state index in [1.54, 1.807) is 30.5 Å². The lowest BCUT2D eigenvalue weighted by molar-refractivity contribution is 0.786. The van der Waals surface area contributed by atoms with Gasteiger partial charge in [0.25, 0.3) is 0 Å². The highest BCUT2D eigenvalue weighted by molar-refractivity contribution is 7.98. The molecule has 5 nitrogen and oxygen atoms in total. The molecule has 0 bridgehead atoms. The van der Waals surface area contributed by atoms with Gasteiger partial charge in [-0.25, -0.2) is 9.78 Å². The maximum Gasteiger partial charge on any atom is 0.350 e. The lowest BCUT2D eigenvalue weighted by Crippen LogP contribution is -2.19. The van der Waals surface area contributed by atoms with Gasteiger partial charge in [0.2, 0.25) is 0 Å².